The molecule has 1 saturated heterocycles. The molecule has 0 saturated carbocycles. The van der Waals surface area contributed by atoms with E-state index in [1.807, 2.05) is 6.07 Å². The molecule has 1 heterocycles. The van der Waals surface area contributed by atoms with E-state index in [2.05, 4.69) is 23.5 Å². The van der Waals surface area contributed by atoms with Gasteiger partial charge < -0.3 is 19.7 Å². The number of halogens is 1. The third kappa shape index (κ3) is 4.73. The molecule has 0 unspecified atom stereocenters. The number of ether oxygens (including phenoxy) is 2. The normalized spacial score (nSPS) is 14.2. The molecule has 0 aliphatic carbocycles. The molecule has 0 aromatic heterocycles. The molecule has 1 aliphatic heterocycles. The summed E-state index contributed by atoms with van der Waals surface area (Å²) in [6.45, 7) is 3.94. The van der Waals surface area contributed by atoms with E-state index < -0.39 is 0 Å². The van der Waals surface area contributed by atoms with E-state index in [4.69, 9.17) is 21.1 Å². The lowest BCUT2D eigenvalue weighted by Gasteiger charge is -2.16. The minimum Gasteiger partial charge on any atom is -0.493 e. The molecule has 2 aromatic rings. The number of likely N-dealkylation sites (tertiary alicyclic amines) is 1. The van der Waals surface area contributed by atoms with Crippen LogP contribution in [0.4, 0.5) is 0 Å². The molecule has 1 amide bonds. The van der Waals surface area contributed by atoms with Gasteiger partial charge in [-0.3, -0.25) is 4.79 Å². The molecule has 3 rings (SSSR count). The highest BCUT2D eigenvalue weighted by molar-refractivity contribution is 6.32. The third-order valence-corrected chi connectivity index (χ3v) is 5.29. The van der Waals surface area contributed by atoms with E-state index in [9.17, 15) is 4.79 Å². The van der Waals surface area contributed by atoms with Gasteiger partial charge >= 0.3 is 0 Å². The van der Waals surface area contributed by atoms with Crippen molar-refractivity contribution in [3.8, 4) is 11.5 Å². The van der Waals surface area contributed by atoms with Crippen LogP contribution in [0.5, 0.6) is 11.5 Å². The van der Waals surface area contributed by atoms with Crippen molar-refractivity contribution in [1.29, 1.82) is 0 Å². The second kappa shape index (κ2) is 9.11. The molecule has 1 aliphatic rings. The molecule has 0 radical (unpaired) electrons. The highest BCUT2D eigenvalue weighted by Gasteiger charge is 2.18. The summed E-state index contributed by atoms with van der Waals surface area (Å²) in [7, 11) is 3.04. The Kier molecular flexibility index (Phi) is 6.58. The van der Waals surface area contributed by atoms with Gasteiger partial charge in [0.1, 0.15) is 6.54 Å². The Morgan fingerprint density at radius 3 is 2.48 bits per heavy atom. The number of hydrogen-bond acceptors (Lipinski definition) is 3. The SMILES string of the molecule is COc1cc(C(=O)NCc2ccccc2C[NH+]2CCCC2)cc(Cl)c1OC. The van der Waals surface area contributed by atoms with Crippen LogP contribution in [0.3, 0.4) is 0 Å². The van der Waals surface area contributed by atoms with Crippen LogP contribution in [0.1, 0.15) is 34.3 Å². The van der Waals surface area contributed by atoms with Crippen molar-refractivity contribution in [3.05, 3.63) is 58.1 Å². The van der Waals surface area contributed by atoms with E-state index >= 15 is 0 Å². The summed E-state index contributed by atoms with van der Waals surface area (Å²) >= 11 is 6.21. The van der Waals surface area contributed by atoms with E-state index in [0.717, 1.165) is 12.1 Å². The summed E-state index contributed by atoms with van der Waals surface area (Å²) in [6.07, 6.45) is 2.60. The van der Waals surface area contributed by atoms with Crippen molar-refractivity contribution in [2.75, 3.05) is 27.3 Å². The van der Waals surface area contributed by atoms with Crippen LogP contribution in [0.15, 0.2) is 36.4 Å². The number of nitrogens with one attached hydrogen (secondary N) is 2. The molecule has 2 N–H and O–H groups in total. The number of methoxy groups -OCH3 is 2. The van der Waals surface area contributed by atoms with Gasteiger partial charge in [-0.1, -0.05) is 35.9 Å². The van der Waals surface area contributed by atoms with Crippen molar-refractivity contribution in [2.24, 2.45) is 0 Å². The maximum atomic E-state index is 12.6. The first-order chi connectivity index (χ1) is 13.1. The first-order valence-electron chi connectivity index (χ1n) is 9.22. The van der Waals surface area contributed by atoms with Crippen molar-refractivity contribution in [1.82, 2.24) is 5.32 Å². The van der Waals surface area contributed by atoms with E-state index in [1.165, 1.54) is 45.7 Å². The van der Waals surface area contributed by atoms with Gasteiger partial charge in [0.2, 0.25) is 0 Å². The lowest BCUT2D eigenvalue weighted by molar-refractivity contribution is -0.901. The fraction of sp³-hybridized carbons (Fsp3) is 0.381. The molecule has 2 aromatic carbocycles. The summed E-state index contributed by atoms with van der Waals surface area (Å²) < 4.78 is 10.5. The molecule has 0 spiro atoms. The molecular formula is C21H26ClN2O3+. The predicted octanol–water partition coefficient (Wildman–Crippen LogP) is 2.47. The van der Waals surface area contributed by atoms with Crippen LogP contribution in [-0.4, -0.2) is 33.2 Å². The van der Waals surface area contributed by atoms with Crippen LogP contribution in [-0.2, 0) is 13.1 Å². The zero-order valence-electron chi connectivity index (χ0n) is 15.8. The second-order valence-electron chi connectivity index (χ2n) is 6.78. The first-order valence-corrected chi connectivity index (χ1v) is 9.60. The molecule has 0 bridgehead atoms. The summed E-state index contributed by atoms with van der Waals surface area (Å²) in [4.78, 5) is 14.2. The van der Waals surface area contributed by atoms with Gasteiger partial charge in [-0.25, -0.2) is 0 Å². The zero-order chi connectivity index (χ0) is 19.2. The van der Waals surface area contributed by atoms with Gasteiger partial charge in [0.05, 0.1) is 32.3 Å². The predicted molar refractivity (Wildman–Crippen MR) is 106 cm³/mol. The number of carbonyl (C=O) groups is 1. The Morgan fingerprint density at radius 1 is 1.11 bits per heavy atom. The summed E-state index contributed by atoms with van der Waals surface area (Å²) in [5.41, 5.74) is 2.89. The molecule has 144 valence electrons. The van der Waals surface area contributed by atoms with Gasteiger partial charge in [0, 0.05) is 30.5 Å². The van der Waals surface area contributed by atoms with Crippen molar-refractivity contribution < 1.29 is 19.2 Å². The average Bonchev–Trinajstić information content (AvgIpc) is 3.19. The van der Waals surface area contributed by atoms with Gasteiger partial charge in [-0.05, 0) is 17.7 Å². The third-order valence-electron chi connectivity index (χ3n) is 5.00. The van der Waals surface area contributed by atoms with Crippen molar-refractivity contribution in [2.45, 2.75) is 25.9 Å². The lowest BCUT2D eigenvalue weighted by Crippen LogP contribution is -3.08. The van der Waals surface area contributed by atoms with Crippen LogP contribution < -0.4 is 19.7 Å². The quantitative estimate of drug-likeness (QED) is 0.764. The fourth-order valence-corrected chi connectivity index (χ4v) is 3.84. The highest BCUT2D eigenvalue weighted by Crippen LogP contribution is 2.35. The summed E-state index contributed by atoms with van der Waals surface area (Å²) in [5, 5.41) is 3.34. The number of amides is 1. The number of quaternary nitrogens is 1. The van der Waals surface area contributed by atoms with Crippen molar-refractivity contribution >= 4 is 17.5 Å². The summed E-state index contributed by atoms with van der Waals surface area (Å²) in [6, 6.07) is 11.5. The Labute approximate surface area is 165 Å². The minimum absolute atomic E-state index is 0.193. The number of carbonyl (C=O) groups excluding carboxylic acids is 1. The summed E-state index contributed by atoms with van der Waals surface area (Å²) in [5.74, 6) is 0.670. The number of hydrogen-bond donors (Lipinski definition) is 2. The number of rotatable bonds is 7. The smallest absolute Gasteiger partial charge is 0.251 e. The monoisotopic (exact) mass is 389 g/mol. The Hall–Kier alpha value is -2.24. The molecule has 1 fully saturated rings. The maximum absolute atomic E-state index is 12.6. The van der Waals surface area contributed by atoms with Crippen LogP contribution in [0.25, 0.3) is 0 Å². The fourth-order valence-electron chi connectivity index (χ4n) is 3.55. The second-order valence-corrected chi connectivity index (χ2v) is 7.19. The molecule has 5 nitrogen and oxygen atoms in total. The Morgan fingerprint density at radius 2 is 1.81 bits per heavy atom. The first kappa shape index (κ1) is 19.5. The Bertz CT molecular complexity index is 804. The van der Waals surface area contributed by atoms with Gasteiger partial charge in [0.15, 0.2) is 11.5 Å². The maximum Gasteiger partial charge on any atom is 0.251 e. The van der Waals surface area contributed by atoms with Crippen LogP contribution in [0.2, 0.25) is 5.02 Å². The van der Waals surface area contributed by atoms with Crippen LogP contribution >= 0.6 is 11.6 Å². The molecule has 0 atom stereocenters. The molecular weight excluding hydrogens is 364 g/mol. The van der Waals surface area contributed by atoms with Gasteiger partial charge in [-0.15, -0.1) is 0 Å². The van der Waals surface area contributed by atoms with Gasteiger partial charge in [0.25, 0.3) is 5.91 Å². The Balaban J connectivity index is 1.70. The minimum atomic E-state index is -0.193. The van der Waals surface area contributed by atoms with Gasteiger partial charge in [-0.2, -0.15) is 0 Å². The van der Waals surface area contributed by atoms with Crippen LogP contribution in [0, 0.1) is 0 Å². The van der Waals surface area contributed by atoms with E-state index in [0.29, 0.717) is 28.6 Å². The largest absolute Gasteiger partial charge is 0.493 e. The topological polar surface area (TPSA) is 52.0 Å². The number of benzene rings is 2. The van der Waals surface area contributed by atoms with E-state index in [1.54, 1.807) is 17.0 Å². The molecule has 6 heteroatoms. The highest BCUT2D eigenvalue weighted by atomic mass is 35.5. The zero-order valence-corrected chi connectivity index (χ0v) is 16.6. The lowest BCUT2D eigenvalue weighted by atomic mass is 10.1. The standard InChI is InChI=1S/C21H25ClN2O3/c1-26-19-12-17(11-18(22)20(19)27-2)21(25)23-13-15-7-3-4-8-16(15)14-24-9-5-6-10-24/h3-4,7-8,11-12H,5-6,9-10,13-14H2,1-2H3,(H,23,25)/p+1. The van der Waals surface area contributed by atoms with Crippen molar-refractivity contribution in [3.63, 3.8) is 0 Å². The molecule has 27 heavy (non-hydrogen) atoms. The average molecular weight is 390 g/mol. The van der Waals surface area contributed by atoms with E-state index in [-0.39, 0.29) is 5.91 Å².